The van der Waals surface area contributed by atoms with Crippen LogP contribution in [0.2, 0.25) is 0 Å². The number of methoxy groups -OCH3 is 1. The van der Waals surface area contributed by atoms with E-state index in [4.69, 9.17) is 9.84 Å². The van der Waals surface area contributed by atoms with Gasteiger partial charge in [0, 0.05) is 0 Å². The molecule has 0 bridgehead atoms. The highest BCUT2D eigenvalue weighted by Crippen LogP contribution is 2.04. The summed E-state index contributed by atoms with van der Waals surface area (Å²) in [6, 6.07) is 8.19. The molecule has 0 unspecified atom stereocenters. The summed E-state index contributed by atoms with van der Waals surface area (Å²) in [6.45, 7) is -0.606. The van der Waals surface area contributed by atoms with E-state index in [0.29, 0.717) is 5.56 Å². The van der Waals surface area contributed by atoms with Gasteiger partial charge in [-0.1, -0.05) is 18.2 Å². The molecule has 1 rings (SSSR count). The van der Waals surface area contributed by atoms with Crippen molar-refractivity contribution >= 4 is 11.9 Å². The maximum Gasteiger partial charge on any atom is 0.349 e. The second-order valence-electron chi connectivity index (χ2n) is 2.97. The summed E-state index contributed by atoms with van der Waals surface area (Å²) in [5.74, 6) is -1.46. The number of aliphatic hydroxyl groups is 1. The van der Waals surface area contributed by atoms with Crippen LogP contribution in [0.5, 0.6) is 0 Å². The summed E-state index contributed by atoms with van der Waals surface area (Å²) in [5, 5.41) is 8.85. The van der Waals surface area contributed by atoms with Crippen LogP contribution in [0.25, 0.3) is 0 Å². The maximum absolute atomic E-state index is 11.5. The summed E-state index contributed by atoms with van der Waals surface area (Å²) in [7, 11) is 1.15. The van der Waals surface area contributed by atoms with Gasteiger partial charge in [0.1, 0.15) is 0 Å². The van der Waals surface area contributed by atoms with Crippen LogP contribution in [0.1, 0.15) is 10.4 Å². The average molecular weight is 224 g/mol. The molecule has 16 heavy (non-hydrogen) atoms. The lowest BCUT2D eigenvalue weighted by Crippen LogP contribution is -2.31. The first-order valence-corrected chi connectivity index (χ1v) is 4.63. The van der Waals surface area contributed by atoms with Gasteiger partial charge in [-0.05, 0) is 12.1 Å². The molecule has 0 aliphatic heterocycles. The van der Waals surface area contributed by atoms with Crippen LogP contribution in [-0.2, 0) is 14.3 Å². The van der Waals surface area contributed by atoms with Gasteiger partial charge in [0.05, 0.1) is 19.3 Å². The number of hydrogen-bond donors (Lipinski definition) is 1. The van der Waals surface area contributed by atoms with Crippen molar-refractivity contribution in [2.45, 2.75) is 6.10 Å². The Kier molecular flexibility index (Phi) is 4.47. The van der Waals surface area contributed by atoms with Gasteiger partial charge >= 0.3 is 11.9 Å². The van der Waals surface area contributed by atoms with E-state index in [-0.39, 0.29) is 0 Å². The standard InChI is InChI=1S/C11H12O5/c1-15-11(14)9(7-12)16-10(13)8-5-3-2-4-6-8/h2-6,9,12H,7H2,1H3/t9-/m0/s1. The summed E-state index contributed by atoms with van der Waals surface area (Å²) in [4.78, 5) is 22.5. The van der Waals surface area contributed by atoms with Crippen molar-refractivity contribution in [3.05, 3.63) is 35.9 Å². The first-order valence-electron chi connectivity index (χ1n) is 4.63. The molecule has 86 valence electrons. The monoisotopic (exact) mass is 224 g/mol. The molecule has 1 aromatic rings. The molecule has 1 aromatic carbocycles. The number of rotatable bonds is 4. The number of carbonyl (C=O) groups is 2. The zero-order chi connectivity index (χ0) is 12.0. The number of benzene rings is 1. The Morgan fingerprint density at radius 1 is 1.31 bits per heavy atom. The molecule has 0 radical (unpaired) electrons. The van der Waals surface area contributed by atoms with Crippen LogP contribution < -0.4 is 0 Å². The van der Waals surface area contributed by atoms with Gasteiger partial charge in [0.2, 0.25) is 6.10 Å². The molecule has 1 atom stereocenters. The molecule has 0 spiro atoms. The molecule has 0 amide bonds. The van der Waals surface area contributed by atoms with E-state index in [0.717, 1.165) is 7.11 Å². The second-order valence-corrected chi connectivity index (χ2v) is 2.97. The van der Waals surface area contributed by atoms with Gasteiger partial charge in [-0.15, -0.1) is 0 Å². The molecule has 0 heterocycles. The third-order valence-corrected chi connectivity index (χ3v) is 1.89. The first kappa shape index (κ1) is 12.2. The molecule has 5 heteroatoms. The van der Waals surface area contributed by atoms with E-state index in [1.54, 1.807) is 30.3 Å². The Hall–Kier alpha value is -1.88. The van der Waals surface area contributed by atoms with Crippen molar-refractivity contribution in [1.29, 1.82) is 0 Å². The van der Waals surface area contributed by atoms with E-state index in [1.807, 2.05) is 0 Å². The Balaban J connectivity index is 2.66. The number of aliphatic hydroxyl groups excluding tert-OH is 1. The fraction of sp³-hybridized carbons (Fsp3) is 0.273. The lowest BCUT2D eigenvalue weighted by Gasteiger charge is -2.12. The van der Waals surface area contributed by atoms with E-state index >= 15 is 0 Å². The van der Waals surface area contributed by atoms with Crippen molar-refractivity contribution in [3.8, 4) is 0 Å². The van der Waals surface area contributed by atoms with Crippen LogP contribution >= 0.6 is 0 Å². The predicted molar refractivity (Wildman–Crippen MR) is 54.7 cm³/mol. The van der Waals surface area contributed by atoms with Gasteiger partial charge < -0.3 is 14.6 Å². The zero-order valence-electron chi connectivity index (χ0n) is 8.75. The van der Waals surface area contributed by atoms with Gasteiger partial charge in [-0.2, -0.15) is 0 Å². The highest BCUT2D eigenvalue weighted by molar-refractivity contribution is 5.91. The minimum atomic E-state index is -1.28. The number of hydrogen-bond acceptors (Lipinski definition) is 5. The largest absolute Gasteiger partial charge is 0.466 e. The number of carbonyl (C=O) groups excluding carboxylic acids is 2. The van der Waals surface area contributed by atoms with Crippen molar-refractivity contribution < 1.29 is 24.2 Å². The van der Waals surface area contributed by atoms with Crippen molar-refractivity contribution in [3.63, 3.8) is 0 Å². The van der Waals surface area contributed by atoms with Crippen LogP contribution in [0.3, 0.4) is 0 Å². The highest BCUT2D eigenvalue weighted by Gasteiger charge is 2.23. The molecule has 0 aliphatic carbocycles. The van der Waals surface area contributed by atoms with Crippen molar-refractivity contribution in [2.75, 3.05) is 13.7 Å². The third-order valence-electron chi connectivity index (χ3n) is 1.89. The molecule has 5 nitrogen and oxygen atoms in total. The van der Waals surface area contributed by atoms with Crippen LogP contribution in [0.4, 0.5) is 0 Å². The molecule has 0 aliphatic rings. The SMILES string of the molecule is COC(=O)[C@H](CO)OC(=O)c1ccccc1. The van der Waals surface area contributed by atoms with Crippen molar-refractivity contribution in [1.82, 2.24) is 0 Å². The molecule has 0 saturated carbocycles. The molecule has 0 saturated heterocycles. The van der Waals surface area contributed by atoms with Crippen molar-refractivity contribution in [2.24, 2.45) is 0 Å². The lowest BCUT2D eigenvalue weighted by atomic mass is 10.2. The lowest BCUT2D eigenvalue weighted by molar-refractivity contribution is -0.152. The Bertz CT molecular complexity index is 360. The maximum atomic E-state index is 11.5. The van der Waals surface area contributed by atoms with E-state index in [9.17, 15) is 9.59 Å². The van der Waals surface area contributed by atoms with Gasteiger partial charge in [-0.25, -0.2) is 9.59 Å². The number of esters is 2. The summed E-state index contributed by atoms with van der Waals surface area (Å²) in [6.07, 6.45) is -1.28. The normalized spacial score (nSPS) is 11.6. The van der Waals surface area contributed by atoms with E-state index in [1.165, 1.54) is 0 Å². The smallest absolute Gasteiger partial charge is 0.349 e. The minimum absolute atomic E-state index is 0.310. The van der Waals surface area contributed by atoms with Gasteiger partial charge in [0.25, 0.3) is 0 Å². The summed E-state index contributed by atoms with van der Waals surface area (Å²) in [5.41, 5.74) is 0.310. The molecule has 0 aromatic heterocycles. The van der Waals surface area contributed by atoms with E-state index in [2.05, 4.69) is 4.74 Å². The fourth-order valence-corrected chi connectivity index (χ4v) is 1.06. The Morgan fingerprint density at radius 2 is 1.94 bits per heavy atom. The highest BCUT2D eigenvalue weighted by atomic mass is 16.6. The Morgan fingerprint density at radius 3 is 2.44 bits per heavy atom. The van der Waals surface area contributed by atoms with Crippen LogP contribution in [0, 0.1) is 0 Å². The third kappa shape index (κ3) is 3.06. The van der Waals surface area contributed by atoms with Gasteiger partial charge in [-0.3, -0.25) is 0 Å². The molecule has 0 fully saturated rings. The summed E-state index contributed by atoms with van der Waals surface area (Å²) < 4.78 is 9.14. The average Bonchev–Trinajstić information content (AvgIpc) is 2.35. The minimum Gasteiger partial charge on any atom is -0.466 e. The second kappa shape index (κ2) is 5.87. The number of ether oxygens (including phenoxy) is 2. The molecular formula is C11H12O5. The molecule has 1 N–H and O–H groups in total. The predicted octanol–water partition coefficient (Wildman–Crippen LogP) is 0.377. The van der Waals surface area contributed by atoms with Crippen LogP contribution in [0.15, 0.2) is 30.3 Å². The van der Waals surface area contributed by atoms with E-state index < -0.39 is 24.6 Å². The molecular weight excluding hydrogens is 212 g/mol. The fourth-order valence-electron chi connectivity index (χ4n) is 1.06. The Labute approximate surface area is 92.6 Å². The topological polar surface area (TPSA) is 72.8 Å². The summed E-state index contributed by atoms with van der Waals surface area (Å²) >= 11 is 0. The quantitative estimate of drug-likeness (QED) is 0.748. The zero-order valence-corrected chi connectivity index (χ0v) is 8.75. The first-order chi connectivity index (χ1) is 7.69. The van der Waals surface area contributed by atoms with Crippen LogP contribution in [-0.4, -0.2) is 36.9 Å². The van der Waals surface area contributed by atoms with Gasteiger partial charge in [0.15, 0.2) is 0 Å².